The van der Waals surface area contributed by atoms with E-state index >= 15 is 0 Å². The summed E-state index contributed by atoms with van der Waals surface area (Å²) in [5.41, 5.74) is 1.92. The van der Waals surface area contributed by atoms with E-state index in [1.54, 1.807) is 19.1 Å². The van der Waals surface area contributed by atoms with E-state index in [9.17, 15) is 8.78 Å². The van der Waals surface area contributed by atoms with Crippen LogP contribution in [-0.2, 0) is 6.54 Å². The second-order valence-corrected chi connectivity index (χ2v) is 5.54. The van der Waals surface area contributed by atoms with Crippen molar-refractivity contribution in [2.24, 2.45) is 4.99 Å². The Hall–Kier alpha value is -2.94. The molecule has 6 heteroatoms. The summed E-state index contributed by atoms with van der Waals surface area (Å²) in [5, 5.41) is 15.0. The predicted molar refractivity (Wildman–Crippen MR) is 93.9 cm³/mol. The Balaban J connectivity index is 2.09. The normalized spacial score (nSPS) is 12.4. The highest BCUT2D eigenvalue weighted by Crippen LogP contribution is 2.17. The molecule has 0 aliphatic carbocycles. The summed E-state index contributed by atoms with van der Waals surface area (Å²) < 4.78 is 26.9. The van der Waals surface area contributed by atoms with Gasteiger partial charge in [-0.1, -0.05) is 18.2 Å². The van der Waals surface area contributed by atoms with E-state index in [2.05, 4.69) is 21.7 Å². The summed E-state index contributed by atoms with van der Waals surface area (Å²) in [4.78, 5) is 4.47. The van der Waals surface area contributed by atoms with Gasteiger partial charge in [0.2, 0.25) is 0 Å². The Kier molecular flexibility index (Phi) is 6.47. The summed E-state index contributed by atoms with van der Waals surface area (Å²) in [6.45, 7) is 4.78. The smallest absolute Gasteiger partial charge is 0.192 e. The molecule has 130 valence electrons. The molecule has 1 unspecified atom stereocenters. The molecule has 0 bridgehead atoms. The van der Waals surface area contributed by atoms with Crippen LogP contribution in [0.5, 0.6) is 0 Å². The average molecular weight is 342 g/mol. The topological polar surface area (TPSA) is 60.2 Å². The average Bonchev–Trinajstić information content (AvgIpc) is 2.60. The van der Waals surface area contributed by atoms with Crippen molar-refractivity contribution in [3.8, 4) is 6.07 Å². The molecule has 0 spiro atoms. The van der Waals surface area contributed by atoms with Crippen LogP contribution in [0.4, 0.5) is 8.78 Å². The second kappa shape index (κ2) is 8.78. The summed E-state index contributed by atoms with van der Waals surface area (Å²) in [7, 11) is 0. The molecule has 25 heavy (non-hydrogen) atoms. The molecule has 0 aliphatic heterocycles. The molecule has 0 aliphatic rings. The van der Waals surface area contributed by atoms with Gasteiger partial charge in [-0.05, 0) is 37.6 Å². The molecular weight excluding hydrogens is 322 g/mol. The van der Waals surface area contributed by atoms with E-state index in [1.165, 1.54) is 12.1 Å². The van der Waals surface area contributed by atoms with Crippen molar-refractivity contribution in [1.82, 2.24) is 10.6 Å². The number of rotatable bonds is 5. The van der Waals surface area contributed by atoms with Crippen molar-refractivity contribution in [2.45, 2.75) is 26.4 Å². The van der Waals surface area contributed by atoms with Crippen LogP contribution in [0.1, 0.15) is 36.6 Å². The van der Waals surface area contributed by atoms with E-state index < -0.39 is 11.6 Å². The minimum Gasteiger partial charge on any atom is -0.357 e. The molecule has 1 atom stereocenters. The van der Waals surface area contributed by atoms with E-state index in [0.29, 0.717) is 30.2 Å². The molecule has 4 nitrogen and oxygen atoms in total. The van der Waals surface area contributed by atoms with Gasteiger partial charge in [-0.2, -0.15) is 5.26 Å². The zero-order chi connectivity index (χ0) is 18.2. The first kappa shape index (κ1) is 18.4. The highest BCUT2D eigenvalue weighted by atomic mass is 19.1. The van der Waals surface area contributed by atoms with Crippen molar-refractivity contribution in [3.63, 3.8) is 0 Å². The monoisotopic (exact) mass is 342 g/mol. The summed E-state index contributed by atoms with van der Waals surface area (Å²) in [5.74, 6) is -0.666. The molecule has 0 radical (unpaired) electrons. The zero-order valence-electron chi connectivity index (χ0n) is 14.2. The summed E-state index contributed by atoms with van der Waals surface area (Å²) in [6.07, 6.45) is 0. The fraction of sp³-hybridized carbons (Fsp3) is 0.263. The van der Waals surface area contributed by atoms with Crippen LogP contribution in [0, 0.1) is 23.0 Å². The number of aliphatic imine (C=N–C) groups is 1. The van der Waals surface area contributed by atoms with Crippen molar-refractivity contribution in [3.05, 3.63) is 70.8 Å². The largest absolute Gasteiger partial charge is 0.357 e. The standard InChI is InChI=1S/C19H20F2N4/c1-3-23-19(24-12-15-6-4-14(11-22)5-7-15)25-13(2)17-9-8-16(20)10-18(17)21/h4-10,13H,3,12H2,1-2H3,(H2,23,24,25). The van der Waals surface area contributed by atoms with Crippen molar-refractivity contribution < 1.29 is 8.78 Å². The predicted octanol–water partition coefficient (Wildman–Crippen LogP) is 3.65. The quantitative estimate of drug-likeness (QED) is 0.644. The first-order valence-corrected chi connectivity index (χ1v) is 8.02. The summed E-state index contributed by atoms with van der Waals surface area (Å²) >= 11 is 0. The van der Waals surface area contributed by atoms with Gasteiger partial charge in [-0.15, -0.1) is 0 Å². The minimum atomic E-state index is -0.602. The molecule has 0 saturated carbocycles. The third-order valence-corrected chi connectivity index (χ3v) is 3.63. The number of nitriles is 1. The van der Waals surface area contributed by atoms with Gasteiger partial charge in [0.25, 0.3) is 0 Å². The molecule has 2 aromatic carbocycles. The van der Waals surface area contributed by atoms with E-state index in [-0.39, 0.29) is 6.04 Å². The van der Waals surface area contributed by atoms with E-state index in [0.717, 1.165) is 11.6 Å². The molecule has 0 saturated heterocycles. The molecule has 2 N–H and O–H groups in total. The van der Waals surface area contributed by atoms with Crippen LogP contribution in [0.25, 0.3) is 0 Å². The van der Waals surface area contributed by atoms with Crippen molar-refractivity contribution in [1.29, 1.82) is 5.26 Å². The highest BCUT2D eigenvalue weighted by Gasteiger charge is 2.13. The van der Waals surface area contributed by atoms with Gasteiger partial charge in [0.1, 0.15) is 11.6 Å². The number of guanidine groups is 1. The number of nitrogens with one attached hydrogen (secondary N) is 2. The number of hydrogen-bond acceptors (Lipinski definition) is 2. The lowest BCUT2D eigenvalue weighted by molar-refractivity contribution is 0.551. The van der Waals surface area contributed by atoms with Crippen LogP contribution >= 0.6 is 0 Å². The van der Waals surface area contributed by atoms with Gasteiger partial charge in [0.05, 0.1) is 24.2 Å². The maximum atomic E-state index is 13.9. The Morgan fingerprint density at radius 1 is 1.20 bits per heavy atom. The van der Waals surface area contributed by atoms with Gasteiger partial charge >= 0.3 is 0 Å². The van der Waals surface area contributed by atoms with Gasteiger partial charge in [-0.25, -0.2) is 13.8 Å². The van der Waals surface area contributed by atoms with Crippen molar-refractivity contribution >= 4 is 5.96 Å². The third-order valence-electron chi connectivity index (χ3n) is 3.63. The van der Waals surface area contributed by atoms with Crippen LogP contribution in [-0.4, -0.2) is 12.5 Å². The van der Waals surface area contributed by atoms with Gasteiger partial charge in [0.15, 0.2) is 5.96 Å². The van der Waals surface area contributed by atoms with Crippen LogP contribution in [0.15, 0.2) is 47.5 Å². The Morgan fingerprint density at radius 2 is 1.92 bits per heavy atom. The first-order chi connectivity index (χ1) is 12.0. The Labute approximate surface area is 146 Å². The molecule has 2 rings (SSSR count). The Morgan fingerprint density at radius 3 is 2.52 bits per heavy atom. The molecule has 0 amide bonds. The fourth-order valence-corrected chi connectivity index (χ4v) is 2.31. The molecular formula is C19H20F2N4. The lowest BCUT2D eigenvalue weighted by Crippen LogP contribution is -2.39. The maximum absolute atomic E-state index is 13.9. The van der Waals surface area contributed by atoms with Crippen LogP contribution in [0.3, 0.4) is 0 Å². The molecule has 0 fully saturated rings. The highest BCUT2D eigenvalue weighted by molar-refractivity contribution is 5.80. The third kappa shape index (κ3) is 5.28. The number of nitrogens with zero attached hydrogens (tertiary/aromatic N) is 2. The summed E-state index contributed by atoms with van der Waals surface area (Å²) in [6, 6.07) is 12.4. The lowest BCUT2D eigenvalue weighted by Gasteiger charge is -2.18. The zero-order valence-corrected chi connectivity index (χ0v) is 14.2. The molecule has 0 aromatic heterocycles. The Bertz CT molecular complexity index is 779. The lowest BCUT2D eigenvalue weighted by atomic mass is 10.1. The number of hydrogen-bond donors (Lipinski definition) is 2. The first-order valence-electron chi connectivity index (χ1n) is 8.02. The SMILES string of the molecule is CCNC(=NCc1ccc(C#N)cc1)NC(C)c1ccc(F)cc1F. The van der Waals surface area contributed by atoms with Crippen molar-refractivity contribution in [2.75, 3.05) is 6.54 Å². The maximum Gasteiger partial charge on any atom is 0.192 e. The van der Waals surface area contributed by atoms with Crippen LogP contribution < -0.4 is 10.6 Å². The van der Waals surface area contributed by atoms with Gasteiger partial charge in [-0.3, -0.25) is 0 Å². The van der Waals surface area contributed by atoms with Gasteiger partial charge < -0.3 is 10.6 Å². The molecule has 2 aromatic rings. The number of benzene rings is 2. The van der Waals surface area contributed by atoms with E-state index in [4.69, 9.17) is 5.26 Å². The fourth-order valence-electron chi connectivity index (χ4n) is 2.31. The van der Waals surface area contributed by atoms with Crippen LogP contribution in [0.2, 0.25) is 0 Å². The van der Waals surface area contributed by atoms with Gasteiger partial charge in [0, 0.05) is 18.2 Å². The molecule has 0 heterocycles. The van der Waals surface area contributed by atoms with E-state index in [1.807, 2.05) is 19.1 Å². The minimum absolute atomic E-state index is 0.366. The second-order valence-electron chi connectivity index (χ2n) is 5.54. The number of halogens is 2.